The van der Waals surface area contributed by atoms with Gasteiger partial charge in [0.05, 0.1) is 18.4 Å². The van der Waals surface area contributed by atoms with Crippen LogP contribution in [0.4, 0.5) is 28.0 Å². The van der Waals surface area contributed by atoms with Gasteiger partial charge in [0.2, 0.25) is 0 Å². The van der Waals surface area contributed by atoms with E-state index in [4.69, 9.17) is 0 Å². The summed E-state index contributed by atoms with van der Waals surface area (Å²) in [4.78, 5) is 30.8. The Hall–Kier alpha value is -2.62. The Labute approximate surface area is 156 Å². The lowest BCUT2D eigenvalue weighted by Crippen LogP contribution is -2.33. The summed E-state index contributed by atoms with van der Waals surface area (Å²) in [6.45, 7) is 1.38. The molecule has 5 nitrogen and oxygen atoms in total. The molecule has 1 aliphatic rings. The van der Waals surface area contributed by atoms with E-state index in [1.807, 2.05) is 0 Å². The normalized spacial score (nSPS) is 17.7. The zero-order valence-corrected chi connectivity index (χ0v) is 14.7. The van der Waals surface area contributed by atoms with E-state index in [1.54, 1.807) is 0 Å². The summed E-state index contributed by atoms with van der Waals surface area (Å²) < 4.78 is 51.0. The van der Waals surface area contributed by atoms with Gasteiger partial charge in [0.1, 0.15) is 11.9 Å². The van der Waals surface area contributed by atoms with Gasteiger partial charge in [-0.1, -0.05) is 0 Å². The predicted molar refractivity (Wildman–Crippen MR) is 90.4 cm³/mol. The highest BCUT2D eigenvalue weighted by molar-refractivity contribution is 8.00. The molecule has 0 aliphatic carbocycles. The van der Waals surface area contributed by atoms with Gasteiger partial charge >= 0.3 is 11.5 Å². The number of aromatic nitrogens is 1. The van der Waals surface area contributed by atoms with Crippen LogP contribution in [0.1, 0.15) is 12.5 Å². The number of benzene rings is 1. The Bertz CT molecular complexity index is 873. The molecule has 0 N–H and O–H groups in total. The van der Waals surface area contributed by atoms with Crippen molar-refractivity contribution in [3.05, 3.63) is 54.1 Å². The van der Waals surface area contributed by atoms with Crippen LogP contribution in [0.5, 0.6) is 0 Å². The van der Waals surface area contributed by atoms with Gasteiger partial charge in [-0.15, -0.1) is 0 Å². The van der Waals surface area contributed by atoms with E-state index in [2.05, 4.69) is 4.98 Å². The van der Waals surface area contributed by atoms with Gasteiger partial charge in [-0.3, -0.25) is 9.78 Å². The molecule has 3 amide bonds. The summed E-state index contributed by atoms with van der Waals surface area (Å²) in [5, 5.41) is 0. The molecule has 0 spiro atoms. The smallest absolute Gasteiger partial charge is 0.308 e. The molecule has 1 unspecified atom stereocenters. The predicted octanol–water partition coefficient (Wildman–Crippen LogP) is 4.19. The van der Waals surface area contributed by atoms with Crippen LogP contribution in [0, 0.1) is 5.82 Å². The first kappa shape index (κ1) is 19.2. The lowest BCUT2D eigenvalue weighted by Gasteiger charge is -2.19. The van der Waals surface area contributed by atoms with Crippen LogP contribution in [-0.4, -0.2) is 33.4 Å². The minimum Gasteiger partial charge on any atom is -0.308 e. The Morgan fingerprint density at radius 1 is 1.15 bits per heavy atom. The number of hydrogen-bond acceptors (Lipinski definition) is 4. The number of amides is 3. The number of hydrogen-bond donors (Lipinski definition) is 0. The topological polar surface area (TPSA) is 53.5 Å². The number of urea groups is 1. The number of thioether (sulfide) groups is 1. The van der Waals surface area contributed by atoms with Crippen molar-refractivity contribution < 1.29 is 27.2 Å². The molecular formula is C17H13F4N3O2S. The highest BCUT2D eigenvalue weighted by atomic mass is 32.2. The number of carbonyl (C=O) groups is 2. The van der Waals surface area contributed by atoms with Gasteiger partial charge in [0.25, 0.3) is 5.91 Å². The van der Waals surface area contributed by atoms with E-state index in [-0.39, 0.29) is 34.5 Å². The first-order chi connectivity index (χ1) is 12.7. The monoisotopic (exact) mass is 399 g/mol. The van der Waals surface area contributed by atoms with Crippen molar-refractivity contribution in [2.75, 3.05) is 4.90 Å². The minimum absolute atomic E-state index is 0.0610. The van der Waals surface area contributed by atoms with E-state index in [0.717, 1.165) is 11.1 Å². The summed E-state index contributed by atoms with van der Waals surface area (Å²) in [5.74, 6) is -1.14. The molecule has 0 radical (unpaired) electrons. The minimum atomic E-state index is -4.43. The molecule has 10 heteroatoms. The van der Waals surface area contributed by atoms with Gasteiger partial charge < -0.3 is 4.90 Å². The summed E-state index contributed by atoms with van der Waals surface area (Å²) in [7, 11) is 0. The first-order valence-corrected chi connectivity index (χ1v) is 8.58. The summed E-state index contributed by atoms with van der Waals surface area (Å²) in [6, 6.07) is 4.81. The second kappa shape index (κ2) is 7.18. The Morgan fingerprint density at radius 3 is 2.41 bits per heavy atom. The van der Waals surface area contributed by atoms with Crippen LogP contribution < -0.4 is 4.90 Å². The number of alkyl halides is 3. The molecule has 1 aliphatic heterocycles. The third-order valence-electron chi connectivity index (χ3n) is 4.01. The number of carbonyl (C=O) groups excluding carboxylic acids is 2. The quantitative estimate of drug-likeness (QED) is 0.440. The van der Waals surface area contributed by atoms with Gasteiger partial charge in [-0.2, -0.15) is 13.2 Å². The van der Waals surface area contributed by atoms with Gasteiger partial charge in [-0.05, 0) is 49.0 Å². The van der Waals surface area contributed by atoms with Gasteiger partial charge in [0.15, 0.2) is 0 Å². The summed E-state index contributed by atoms with van der Waals surface area (Å²) >= 11 is -0.288. The lowest BCUT2D eigenvalue weighted by molar-refractivity contribution is -0.119. The average molecular weight is 399 g/mol. The summed E-state index contributed by atoms with van der Waals surface area (Å²) in [6.07, 6.45) is 2.39. The van der Waals surface area contributed by atoms with E-state index in [0.29, 0.717) is 0 Å². The largest absolute Gasteiger partial charge is 0.446 e. The van der Waals surface area contributed by atoms with Crippen LogP contribution in [-0.2, 0) is 11.3 Å². The highest BCUT2D eigenvalue weighted by Gasteiger charge is 2.43. The third-order valence-corrected chi connectivity index (χ3v) is 4.75. The van der Waals surface area contributed by atoms with Crippen molar-refractivity contribution in [2.45, 2.75) is 29.9 Å². The SMILES string of the molecule is CC1C(=O)N(c2ccc(SC(F)(F)F)cc2)C(=O)N1Cc1ccncc1F. The maximum atomic E-state index is 13.8. The second-order valence-corrected chi connectivity index (χ2v) is 6.91. The Balaban J connectivity index is 1.82. The van der Waals surface area contributed by atoms with Crippen molar-refractivity contribution in [1.29, 1.82) is 0 Å². The molecule has 0 bridgehead atoms. The van der Waals surface area contributed by atoms with E-state index in [1.165, 1.54) is 48.4 Å². The van der Waals surface area contributed by atoms with Crippen LogP contribution >= 0.6 is 11.8 Å². The first-order valence-electron chi connectivity index (χ1n) is 7.76. The van der Waals surface area contributed by atoms with Crippen molar-refractivity contribution in [3.63, 3.8) is 0 Å². The van der Waals surface area contributed by atoms with Crippen molar-refractivity contribution in [1.82, 2.24) is 9.88 Å². The number of anilines is 1. The molecule has 1 fully saturated rings. The molecule has 0 saturated carbocycles. The molecule has 142 valence electrons. The molecule has 1 aromatic carbocycles. The molecule has 3 rings (SSSR count). The number of nitrogens with zero attached hydrogens (tertiary/aromatic N) is 3. The Kier molecular flexibility index (Phi) is 5.09. The van der Waals surface area contributed by atoms with Crippen LogP contribution in [0.15, 0.2) is 47.6 Å². The fourth-order valence-corrected chi connectivity index (χ4v) is 3.20. The molecule has 1 saturated heterocycles. The number of halogens is 4. The number of rotatable bonds is 4. The van der Waals surface area contributed by atoms with E-state index < -0.39 is 29.3 Å². The fourth-order valence-electron chi connectivity index (χ4n) is 2.66. The molecule has 2 aromatic rings. The molecule has 27 heavy (non-hydrogen) atoms. The maximum Gasteiger partial charge on any atom is 0.446 e. The van der Waals surface area contributed by atoms with Crippen LogP contribution in [0.2, 0.25) is 0 Å². The number of imide groups is 1. The fraction of sp³-hybridized carbons (Fsp3) is 0.235. The van der Waals surface area contributed by atoms with Crippen molar-refractivity contribution in [2.24, 2.45) is 0 Å². The average Bonchev–Trinajstić information content (AvgIpc) is 2.80. The Morgan fingerprint density at radius 2 is 1.81 bits per heavy atom. The zero-order chi connectivity index (χ0) is 19.8. The summed E-state index contributed by atoms with van der Waals surface area (Å²) in [5.41, 5.74) is -4.07. The molecule has 2 heterocycles. The standard InChI is InChI=1S/C17H13F4N3O2S/c1-10-15(25)24(12-2-4-13(5-3-12)27-17(19,20)21)16(26)23(10)9-11-6-7-22-8-14(11)18/h2-8,10H,9H2,1H3. The van der Waals surface area contributed by atoms with E-state index in [9.17, 15) is 27.2 Å². The molecular weight excluding hydrogens is 386 g/mol. The second-order valence-electron chi connectivity index (χ2n) is 5.77. The van der Waals surface area contributed by atoms with Crippen molar-refractivity contribution in [3.8, 4) is 0 Å². The molecule has 1 aromatic heterocycles. The maximum absolute atomic E-state index is 13.8. The number of pyridine rings is 1. The van der Waals surface area contributed by atoms with Crippen LogP contribution in [0.3, 0.4) is 0 Å². The highest BCUT2D eigenvalue weighted by Crippen LogP contribution is 2.37. The van der Waals surface area contributed by atoms with Crippen LogP contribution in [0.25, 0.3) is 0 Å². The zero-order valence-electron chi connectivity index (χ0n) is 13.9. The van der Waals surface area contributed by atoms with Crippen molar-refractivity contribution >= 4 is 29.4 Å². The van der Waals surface area contributed by atoms with Gasteiger partial charge in [-0.25, -0.2) is 14.1 Å². The van der Waals surface area contributed by atoms with Gasteiger partial charge in [0, 0.05) is 16.7 Å². The van der Waals surface area contributed by atoms with E-state index >= 15 is 0 Å². The third kappa shape index (κ3) is 4.05. The lowest BCUT2D eigenvalue weighted by atomic mass is 10.2. The molecule has 1 atom stereocenters.